The average Bonchev–Trinajstić information content (AvgIpc) is 2.57. The molecule has 0 N–H and O–H groups in total. The van der Waals surface area contributed by atoms with Gasteiger partial charge in [-0.3, -0.25) is 4.79 Å². The van der Waals surface area contributed by atoms with Gasteiger partial charge >= 0.3 is 0 Å². The molecule has 3 heteroatoms. The van der Waals surface area contributed by atoms with E-state index in [2.05, 4.69) is 48.5 Å². The summed E-state index contributed by atoms with van der Waals surface area (Å²) >= 11 is 1.88. The first-order valence-electron chi connectivity index (χ1n) is 7.82. The van der Waals surface area contributed by atoms with Crippen LogP contribution in [-0.4, -0.2) is 22.7 Å². The minimum atomic E-state index is 0.304. The van der Waals surface area contributed by atoms with E-state index >= 15 is 0 Å². The first kappa shape index (κ1) is 15.2. The number of amides is 1. The maximum Gasteiger partial charge on any atom is 0.226 e. The van der Waals surface area contributed by atoms with Crippen molar-refractivity contribution in [2.45, 2.75) is 30.4 Å². The zero-order chi connectivity index (χ0) is 15.2. The Kier molecular flexibility index (Phi) is 5.17. The Balaban J connectivity index is 1.43. The van der Waals surface area contributed by atoms with Crippen molar-refractivity contribution in [3.8, 4) is 0 Å². The van der Waals surface area contributed by atoms with Gasteiger partial charge < -0.3 is 4.90 Å². The van der Waals surface area contributed by atoms with E-state index in [1.807, 2.05) is 28.8 Å². The van der Waals surface area contributed by atoms with Gasteiger partial charge in [0.2, 0.25) is 5.91 Å². The standard InChI is InChI=1S/C19H21NOS/c21-18-14-19(22-15-17-10-5-2-6-11-17)20(18)13-7-12-16-8-3-1-4-9-16/h1-6,8-11,19H,7,12-15H2. The second-order valence-electron chi connectivity index (χ2n) is 5.63. The molecule has 2 nitrogen and oxygen atoms in total. The molecule has 1 unspecified atom stereocenters. The van der Waals surface area contributed by atoms with Crippen LogP contribution in [0.4, 0.5) is 0 Å². The lowest BCUT2D eigenvalue weighted by Crippen LogP contribution is -2.51. The molecule has 1 heterocycles. The number of aryl methyl sites for hydroxylation is 1. The highest BCUT2D eigenvalue weighted by molar-refractivity contribution is 7.99. The Labute approximate surface area is 136 Å². The highest BCUT2D eigenvalue weighted by Gasteiger charge is 2.35. The Bertz CT molecular complexity index is 599. The fourth-order valence-corrected chi connectivity index (χ4v) is 3.95. The van der Waals surface area contributed by atoms with E-state index in [0.29, 0.717) is 17.7 Å². The van der Waals surface area contributed by atoms with E-state index in [0.717, 1.165) is 25.1 Å². The van der Waals surface area contributed by atoms with Crippen molar-refractivity contribution in [3.05, 3.63) is 71.8 Å². The van der Waals surface area contributed by atoms with Crippen LogP contribution in [0.1, 0.15) is 24.0 Å². The maximum atomic E-state index is 11.8. The van der Waals surface area contributed by atoms with Crippen molar-refractivity contribution in [1.82, 2.24) is 4.90 Å². The van der Waals surface area contributed by atoms with Crippen molar-refractivity contribution >= 4 is 17.7 Å². The molecule has 1 amide bonds. The zero-order valence-corrected chi connectivity index (χ0v) is 13.5. The van der Waals surface area contributed by atoms with Gasteiger partial charge in [0.05, 0.1) is 11.8 Å². The smallest absolute Gasteiger partial charge is 0.226 e. The van der Waals surface area contributed by atoms with Gasteiger partial charge in [-0.05, 0) is 24.0 Å². The van der Waals surface area contributed by atoms with Crippen molar-refractivity contribution in [2.75, 3.05) is 6.54 Å². The number of hydrogen-bond donors (Lipinski definition) is 0. The summed E-state index contributed by atoms with van der Waals surface area (Å²) < 4.78 is 0. The summed E-state index contributed by atoms with van der Waals surface area (Å²) in [7, 11) is 0. The van der Waals surface area contributed by atoms with E-state index in [1.54, 1.807) is 0 Å². The molecule has 0 bridgehead atoms. The van der Waals surface area contributed by atoms with Crippen LogP contribution in [0.15, 0.2) is 60.7 Å². The molecule has 1 saturated heterocycles. The van der Waals surface area contributed by atoms with Gasteiger partial charge in [-0.1, -0.05) is 60.7 Å². The summed E-state index contributed by atoms with van der Waals surface area (Å²) in [6.45, 7) is 0.875. The van der Waals surface area contributed by atoms with Gasteiger partial charge in [-0.2, -0.15) is 0 Å². The molecule has 0 saturated carbocycles. The third kappa shape index (κ3) is 3.92. The third-order valence-electron chi connectivity index (χ3n) is 4.01. The number of nitrogens with zero attached hydrogens (tertiary/aromatic N) is 1. The quantitative estimate of drug-likeness (QED) is 0.717. The number of rotatable bonds is 7. The highest BCUT2D eigenvalue weighted by atomic mass is 32.2. The number of hydrogen-bond acceptors (Lipinski definition) is 2. The van der Waals surface area contributed by atoms with Gasteiger partial charge in [0, 0.05) is 12.3 Å². The molecule has 2 aromatic carbocycles. The fraction of sp³-hybridized carbons (Fsp3) is 0.316. The number of carbonyl (C=O) groups excluding carboxylic acids is 1. The molecule has 0 aliphatic carbocycles. The summed E-state index contributed by atoms with van der Waals surface area (Å²) in [6, 6.07) is 21.0. The zero-order valence-electron chi connectivity index (χ0n) is 12.7. The van der Waals surface area contributed by atoms with Gasteiger partial charge in [0.15, 0.2) is 0 Å². The molecule has 0 radical (unpaired) electrons. The van der Waals surface area contributed by atoms with E-state index in [-0.39, 0.29) is 0 Å². The molecular weight excluding hydrogens is 290 g/mol. The molecule has 3 rings (SSSR count). The van der Waals surface area contributed by atoms with Crippen LogP contribution in [0.2, 0.25) is 0 Å². The van der Waals surface area contributed by atoms with E-state index in [9.17, 15) is 4.79 Å². The summed E-state index contributed by atoms with van der Waals surface area (Å²) in [5, 5.41) is 0.364. The van der Waals surface area contributed by atoms with Crippen LogP contribution < -0.4 is 0 Å². The van der Waals surface area contributed by atoms with Crippen LogP contribution in [0.25, 0.3) is 0 Å². The van der Waals surface area contributed by atoms with E-state index in [1.165, 1.54) is 11.1 Å². The van der Waals surface area contributed by atoms with Crippen LogP contribution >= 0.6 is 11.8 Å². The Morgan fingerprint density at radius 3 is 2.23 bits per heavy atom. The lowest BCUT2D eigenvalue weighted by atomic mass is 10.1. The number of likely N-dealkylation sites (tertiary alicyclic amines) is 1. The normalized spacial score (nSPS) is 17.4. The fourth-order valence-electron chi connectivity index (χ4n) is 2.71. The number of thioether (sulfide) groups is 1. The van der Waals surface area contributed by atoms with Crippen molar-refractivity contribution < 1.29 is 4.79 Å². The Hall–Kier alpha value is -1.74. The predicted octanol–water partition coefficient (Wildman–Crippen LogP) is 4.11. The molecule has 1 atom stereocenters. The minimum absolute atomic E-state index is 0.304. The van der Waals surface area contributed by atoms with Crippen LogP contribution in [0, 0.1) is 0 Å². The third-order valence-corrected chi connectivity index (χ3v) is 5.32. The molecule has 1 aliphatic heterocycles. The monoisotopic (exact) mass is 311 g/mol. The van der Waals surface area contributed by atoms with Gasteiger partial charge in [-0.25, -0.2) is 0 Å². The second-order valence-corrected chi connectivity index (χ2v) is 6.80. The predicted molar refractivity (Wildman–Crippen MR) is 92.6 cm³/mol. The van der Waals surface area contributed by atoms with Crippen LogP contribution in [0.3, 0.4) is 0 Å². The molecule has 22 heavy (non-hydrogen) atoms. The summed E-state index contributed by atoms with van der Waals surface area (Å²) in [5.74, 6) is 1.28. The number of benzene rings is 2. The minimum Gasteiger partial charge on any atom is -0.330 e. The van der Waals surface area contributed by atoms with Crippen LogP contribution in [0.5, 0.6) is 0 Å². The van der Waals surface area contributed by atoms with Gasteiger partial charge in [-0.15, -0.1) is 11.8 Å². The van der Waals surface area contributed by atoms with Crippen molar-refractivity contribution in [1.29, 1.82) is 0 Å². The van der Waals surface area contributed by atoms with Crippen molar-refractivity contribution in [3.63, 3.8) is 0 Å². The average molecular weight is 311 g/mol. The number of β-lactam (4-membered cyclic amide) rings is 1. The lowest BCUT2D eigenvalue weighted by Gasteiger charge is -2.40. The van der Waals surface area contributed by atoms with E-state index in [4.69, 9.17) is 0 Å². The molecule has 0 aromatic heterocycles. The highest BCUT2D eigenvalue weighted by Crippen LogP contribution is 2.31. The first-order valence-corrected chi connectivity index (χ1v) is 8.87. The Morgan fingerprint density at radius 1 is 0.955 bits per heavy atom. The van der Waals surface area contributed by atoms with Gasteiger partial charge in [0.25, 0.3) is 0 Å². The van der Waals surface area contributed by atoms with Crippen LogP contribution in [-0.2, 0) is 17.0 Å². The lowest BCUT2D eigenvalue weighted by molar-refractivity contribution is -0.141. The maximum absolute atomic E-state index is 11.8. The molecule has 114 valence electrons. The largest absolute Gasteiger partial charge is 0.330 e. The first-order chi connectivity index (χ1) is 10.8. The van der Waals surface area contributed by atoms with Gasteiger partial charge in [0.1, 0.15) is 0 Å². The van der Waals surface area contributed by atoms with Crippen molar-refractivity contribution in [2.24, 2.45) is 0 Å². The SMILES string of the molecule is O=C1CC(SCc2ccccc2)N1CCCc1ccccc1. The summed E-state index contributed by atoms with van der Waals surface area (Å²) in [6.07, 6.45) is 2.78. The molecule has 2 aromatic rings. The number of carbonyl (C=O) groups is 1. The molecular formula is C19H21NOS. The summed E-state index contributed by atoms with van der Waals surface area (Å²) in [4.78, 5) is 13.8. The second kappa shape index (κ2) is 7.50. The molecule has 1 aliphatic rings. The molecule has 0 spiro atoms. The van der Waals surface area contributed by atoms with E-state index < -0.39 is 0 Å². The topological polar surface area (TPSA) is 20.3 Å². The molecule has 1 fully saturated rings. The summed E-state index contributed by atoms with van der Waals surface area (Å²) in [5.41, 5.74) is 2.68. The Morgan fingerprint density at radius 2 is 1.59 bits per heavy atom.